The van der Waals surface area contributed by atoms with E-state index in [1.165, 1.54) is 5.06 Å². The van der Waals surface area contributed by atoms with Crippen molar-refractivity contribution in [2.75, 3.05) is 6.61 Å². The highest BCUT2D eigenvalue weighted by Gasteiger charge is 2.43. The summed E-state index contributed by atoms with van der Waals surface area (Å²) < 4.78 is 12.0. The van der Waals surface area contributed by atoms with E-state index in [0.29, 0.717) is 42.4 Å². The van der Waals surface area contributed by atoms with Crippen LogP contribution in [0.5, 0.6) is 0 Å². The highest BCUT2D eigenvalue weighted by Crippen LogP contribution is 2.36. The fourth-order valence-electron chi connectivity index (χ4n) is 6.89. The molecule has 0 aliphatic carbocycles. The predicted octanol–water partition coefficient (Wildman–Crippen LogP) is 7.79. The van der Waals surface area contributed by atoms with Crippen molar-refractivity contribution in [1.82, 2.24) is 10.1 Å². The highest BCUT2D eigenvalue weighted by atomic mass is 16.7. The number of hydroxylamine groups is 4. The van der Waals surface area contributed by atoms with E-state index in [-0.39, 0.29) is 48.2 Å². The molecule has 0 spiro atoms. The Balaban J connectivity index is 1.37. The number of hydrogen-bond acceptors (Lipinski definition) is 8. The summed E-state index contributed by atoms with van der Waals surface area (Å²) in [6.07, 6.45) is 2.22. The quantitative estimate of drug-likeness (QED) is 0.269. The highest BCUT2D eigenvalue weighted by molar-refractivity contribution is 5.91. The molecule has 0 saturated carbocycles. The Kier molecular flexibility index (Phi) is 11.5. The van der Waals surface area contributed by atoms with Crippen molar-refractivity contribution < 1.29 is 29.1 Å². The van der Waals surface area contributed by atoms with Crippen LogP contribution in [0.3, 0.4) is 0 Å². The molecule has 0 aromatic heterocycles. The van der Waals surface area contributed by atoms with Crippen LogP contribution in [0.2, 0.25) is 0 Å². The first-order valence-electron chi connectivity index (χ1n) is 16.7. The maximum atomic E-state index is 13.2. The molecular weight excluding hydrogens is 568 g/mol. The second kappa shape index (κ2) is 14.8. The van der Waals surface area contributed by atoms with Gasteiger partial charge in [-0.05, 0) is 73.9 Å². The summed E-state index contributed by atoms with van der Waals surface area (Å²) in [4.78, 5) is 32.3. The maximum absolute atomic E-state index is 13.2. The smallest absolute Gasteiger partial charge is 0.338 e. The van der Waals surface area contributed by atoms with Crippen LogP contribution in [0.15, 0.2) is 48.5 Å². The lowest BCUT2D eigenvalue weighted by atomic mass is 9.82. The first-order valence-corrected chi connectivity index (χ1v) is 16.7. The summed E-state index contributed by atoms with van der Waals surface area (Å²) in [5.41, 5.74) is 2.40. The molecule has 45 heavy (non-hydrogen) atoms. The molecular formula is C37H54N2O6. The van der Waals surface area contributed by atoms with Gasteiger partial charge in [-0.3, -0.25) is 4.84 Å². The zero-order chi connectivity index (χ0) is 33.1. The van der Waals surface area contributed by atoms with Gasteiger partial charge in [-0.2, -0.15) is 10.1 Å². The Hall–Kier alpha value is -2.78. The lowest BCUT2D eigenvalue weighted by molar-refractivity contribution is -0.250. The van der Waals surface area contributed by atoms with Gasteiger partial charge in [0.2, 0.25) is 0 Å². The average molecular weight is 623 g/mol. The Morgan fingerprint density at radius 1 is 0.733 bits per heavy atom. The van der Waals surface area contributed by atoms with Gasteiger partial charge in [-0.1, -0.05) is 65.8 Å². The van der Waals surface area contributed by atoms with Gasteiger partial charge >= 0.3 is 11.9 Å². The van der Waals surface area contributed by atoms with E-state index in [4.69, 9.17) is 14.3 Å². The average Bonchev–Trinajstić information content (AvgIpc) is 2.99. The summed E-state index contributed by atoms with van der Waals surface area (Å²) in [6, 6.07) is 15.1. The number of nitrogens with zero attached hydrogens (tertiary/aromatic N) is 2. The topological polar surface area (TPSA) is 88.5 Å². The molecule has 0 amide bonds. The molecule has 2 aromatic carbocycles. The summed E-state index contributed by atoms with van der Waals surface area (Å²) in [5, 5.41) is 14.2. The van der Waals surface area contributed by atoms with Gasteiger partial charge < -0.3 is 14.7 Å². The van der Waals surface area contributed by atoms with Gasteiger partial charge in [0, 0.05) is 49.3 Å². The first kappa shape index (κ1) is 35.1. The largest absolute Gasteiger partial charge is 0.459 e. The molecule has 8 nitrogen and oxygen atoms in total. The molecule has 4 rings (SSSR count). The summed E-state index contributed by atoms with van der Waals surface area (Å²) in [6.45, 7) is 19.5. The van der Waals surface area contributed by atoms with E-state index in [1.807, 2.05) is 45.0 Å². The van der Waals surface area contributed by atoms with E-state index < -0.39 is 5.54 Å². The molecule has 4 atom stereocenters. The van der Waals surface area contributed by atoms with Crippen molar-refractivity contribution in [2.24, 2.45) is 17.8 Å². The number of piperidine rings is 2. The third-order valence-electron chi connectivity index (χ3n) is 9.54. The SMILES string of the molecule is CCON1C(C(C)C)CC(OC(=O)c2ccc(-c3ccc(C(=O)OC4CC(C(C)C)N(O)C(C)(C)C4)cc3)cc2)CC1C(C)C. The van der Waals surface area contributed by atoms with Crippen LogP contribution in [0.4, 0.5) is 0 Å². The van der Waals surface area contributed by atoms with Gasteiger partial charge in [-0.25, -0.2) is 9.59 Å². The first-order chi connectivity index (χ1) is 21.2. The van der Waals surface area contributed by atoms with Gasteiger partial charge in [0.25, 0.3) is 0 Å². The molecule has 2 aliphatic heterocycles. The second-order valence-corrected chi connectivity index (χ2v) is 14.5. The number of rotatable bonds is 10. The van der Waals surface area contributed by atoms with E-state index in [9.17, 15) is 14.8 Å². The molecule has 0 radical (unpaired) electrons. The van der Waals surface area contributed by atoms with E-state index >= 15 is 0 Å². The Labute approximate surface area is 269 Å². The lowest BCUT2D eigenvalue weighted by Gasteiger charge is -2.47. The van der Waals surface area contributed by atoms with Crippen LogP contribution < -0.4 is 0 Å². The minimum absolute atomic E-state index is 0.0727. The number of ether oxygens (including phenoxy) is 2. The van der Waals surface area contributed by atoms with Crippen molar-refractivity contribution in [3.63, 3.8) is 0 Å². The second-order valence-electron chi connectivity index (χ2n) is 14.5. The molecule has 2 saturated heterocycles. The van der Waals surface area contributed by atoms with Gasteiger partial charge in [0.05, 0.1) is 17.7 Å². The van der Waals surface area contributed by atoms with E-state index in [2.05, 4.69) is 46.6 Å². The molecule has 2 aliphatic rings. The van der Waals surface area contributed by atoms with Gasteiger partial charge in [0.15, 0.2) is 0 Å². The zero-order valence-electron chi connectivity index (χ0n) is 28.7. The zero-order valence-corrected chi connectivity index (χ0v) is 28.7. The van der Waals surface area contributed by atoms with Crippen molar-refractivity contribution in [3.8, 4) is 11.1 Å². The monoisotopic (exact) mass is 622 g/mol. The fourth-order valence-corrected chi connectivity index (χ4v) is 6.89. The molecule has 1 N–H and O–H groups in total. The van der Waals surface area contributed by atoms with Crippen molar-refractivity contribution in [2.45, 2.75) is 124 Å². The van der Waals surface area contributed by atoms with Gasteiger partial charge in [-0.15, -0.1) is 0 Å². The van der Waals surface area contributed by atoms with Gasteiger partial charge in [0.1, 0.15) is 12.2 Å². The molecule has 4 unspecified atom stereocenters. The number of esters is 2. The van der Waals surface area contributed by atoms with Crippen molar-refractivity contribution in [3.05, 3.63) is 59.7 Å². The summed E-state index contributed by atoms with van der Waals surface area (Å²) >= 11 is 0. The number of hydrogen-bond donors (Lipinski definition) is 1. The van der Waals surface area contributed by atoms with Crippen LogP contribution in [-0.4, -0.2) is 69.8 Å². The molecule has 248 valence electrons. The number of carbonyl (C=O) groups excluding carboxylic acids is 2. The Bertz CT molecular complexity index is 1250. The van der Waals surface area contributed by atoms with Crippen LogP contribution in [0.25, 0.3) is 11.1 Å². The molecule has 8 heteroatoms. The van der Waals surface area contributed by atoms with Crippen LogP contribution in [-0.2, 0) is 14.3 Å². The van der Waals surface area contributed by atoms with Crippen LogP contribution in [0.1, 0.15) is 109 Å². The Morgan fingerprint density at radius 3 is 1.53 bits per heavy atom. The van der Waals surface area contributed by atoms with Crippen molar-refractivity contribution >= 4 is 11.9 Å². The predicted molar refractivity (Wildman–Crippen MR) is 176 cm³/mol. The lowest BCUT2D eigenvalue weighted by Crippen LogP contribution is -2.57. The third kappa shape index (κ3) is 8.33. The van der Waals surface area contributed by atoms with Crippen LogP contribution in [0, 0.1) is 17.8 Å². The standard InChI is InChI=1S/C37H54N2O6/c1-10-43-38-32(23(2)3)19-30(20-33(38)24(4)5)44-35(40)28-15-11-26(12-16-28)27-13-17-29(18-14-27)36(41)45-31-21-34(25(6)7)39(42)37(8,9)22-31/h11-18,23-25,30-34,42H,10,19-22H2,1-9H3. The fraction of sp³-hybridized carbons (Fsp3) is 0.622. The van der Waals surface area contributed by atoms with E-state index in [1.54, 1.807) is 24.3 Å². The summed E-state index contributed by atoms with van der Waals surface area (Å²) in [5.74, 6) is 0.304. The van der Waals surface area contributed by atoms with Crippen molar-refractivity contribution in [1.29, 1.82) is 0 Å². The van der Waals surface area contributed by atoms with Crippen LogP contribution >= 0.6 is 0 Å². The third-order valence-corrected chi connectivity index (χ3v) is 9.54. The maximum Gasteiger partial charge on any atom is 0.338 e. The normalized spacial score (nSPS) is 25.9. The van der Waals surface area contributed by atoms with E-state index in [0.717, 1.165) is 24.0 Å². The Morgan fingerprint density at radius 2 is 1.13 bits per heavy atom. The number of benzene rings is 2. The molecule has 2 aromatic rings. The number of carbonyl (C=O) groups is 2. The summed E-state index contributed by atoms with van der Waals surface area (Å²) in [7, 11) is 0. The minimum Gasteiger partial charge on any atom is -0.459 e. The molecule has 0 bridgehead atoms. The molecule has 2 fully saturated rings. The molecule has 2 heterocycles. The minimum atomic E-state index is -0.477.